The van der Waals surface area contributed by atoms with Gasteiger partial charge in [0.1, 0.15) is 0 Å². The maximum atomic E-state index is 8.52. The summed E-state index contributed by atoms with van der Waals surface area (Å²) in [5.41, 5.74) is 3.17. The molecule has 1 aromatic carbocycles. The van der Waals surface area contributed by atoms with E-state index in [2.05, 4.69) is 41.5 Å². The summed E-state index contributed by atoms with van der Waals surface area (Å²) in [6.45, 7) is 3.60. The van der Waals surface area contributed by atoms with E-state index in [1.54, 1.807) is 11.1 Å². The molecule has 124 valence electrons. The average molecular weight is 326 g/mol. The molecular formula is C15H22N2O4S-2. The fourth-order valence-corrected chi connectivity index (χ4v) is 3.50. The Morgan fingerprint density at radius 1 is 1.18 bits per heavy atom. The minimum atomic E-state index is -5.17. The van der Waals surface area contributed by atoms with Gasteiger partial charge < -0.3 is 14.4 Å². The predicted octanol–water partition coefficient (Wildman–Crippen LogP) is 0.877. The Labute approximate surface area is 132 Å². The first-order chi connectivity index (χ1) is 10.4. The van der Waals surface area contributed by atoms with Crippen LogP contribution in [0.3, 0.4) is 0 Å². The lowest BCUT2D eigenvalue weighted by Gasteiger charge is -2.41. The fourth-order valence-electron chi connectivity index (χ4n) is 3.50. The molecule has 6 nitrogen and oxygen atoms in total. The molecule has 1 aromatic rings. The largest absolute Gasteiger partial charge is 0.759 e. The maximum absolute atomic E-state index is 8.52. The molecule has 0 aromatic heterocycles. The van der Waals surface area contributed by atoms with Crippen LogP contribution in [0.15, 0.2) is 24.3 Å². The molecule has 2 aliphatic heterocycles. The molecule has 1 unspecified atom stereocenters. The van der Waals surface area contributed by atoms with Crippen LogP contribution in [0.5, 0.6) is 0 Å². The minimum Gasteiger partial charge on any atom is -0.759 e. The Morgan fingerprint density at radius 2 is 1.77 bits per heavy atom. The first-order valence-electron chi connectivity index (χ1n) is 7.51. The van der Waals surface area contributed by atoms with Crippen molar-refractivity contribution in [2.45, 2.75) is 25.3 Å². The van der Waals surface area contributed by atoms with Crippen LogP contribution in [0, 0.1) is 5.92 Å². The average Bonchev–Trinajstić information content (AvgIpc) is 2.46. The lowest BCUT2D eigenvalue weighted by atomic mass is 9.81. The van der Waals surface area contributed by atoms with Gasteiger partial charge in [-0.2, -0.15) is 0 Å². The van der Waals surface area contributed by atoms with Gasteiger partial charge in [0.25, 0.3) is 0 Å². The van der Waals surface area contributed by atoms with Gasteiger partial charge in [-0.25, -0.2) is 0 Å². The van der Waals surface area contributed by atoms with Crippen molar-refractivity contribution in [3.63, 3.8) is 0 Å². The summed E-state index contributed by atoms with van der Waals surface area (Å²) in [6, 6.07) is 9.70. The van der Waals surface area contributed by atoms with E-state index < -0.39 is 10.4 Å². The highest BCUT2D eigenvalue weighted by Gasteiger charge is 2.31. The number of nitrogens with one attached hydrogen (secondary N) is 1. The van der Waals surface area contributed by atoms with Crippen molar-refractivity contribution in [3.05, 3.63) is 35.4 Å². The Hall–Kier alpha value is -0.990. The van der Waals surface area contributed by atoms with Crippen LogP contribution in [0.4, 0.5) is 0 Å². The minimum absolute atomic E-state index is 0.655. The van der Waals surface area contributed by atoms with Crippen LogP contribution in [-0.2, 0) is 16.8 Å². The molecule has 0 spiro atoms. The third kappa shape index (κ3) is 5.03. The van der Waals surface area contributed by atoms with Gasteiger partial charge in [-0.15, -0.1) is 0 Å². The van der Waals surface area contributed by atoms with Gasteiger partial charge >= 0.3 is 0 Å². The van der Waals surface area contributed by atoms with Crippen molar-refractivity contribution in [3.8, 4) is 0 Å². The predicted molar refractivity (Wildman–Crippen MR) is 81.6 cm³/mol. The molecule has 0 bridgehead atoms. The number of hydrogen-bond acceptors (Lipinski definition) is 6. The van der Waals surface area contributed by atoms with E-state index in [9.17, 15) is 0 Å². The first-order valence-corrected chi connectivity index (χ1v) is 8.85. The first kappa shape index (κ1) is 17.4. The third-order valence-corrected chi connectivity index (χ3v) is 4.41. The molecule has 0 radical (unpaired) electrons. The van der Waals surface area contributed by atoms with E-state index in [-0.39, 0.29) is 0 Å². The second-order valence-corrected chi connectivity index (χ2v) is 6.69. The number of benzene rings is 1. The standard InChI is InChI=1S/C15H22N2.H2O4S/c1-17-11-8-12-4-2-3-5-14(12)15(17)13-6-9-16-10-7-13;1-5(2,3)4/h2-5,13,15-16H,6-11H2,1H3;(H2,1,2,3,4)/p-2. The molecule has 0 amide bonds. The zero-order chi connectivity index (χ0) is 16.2. The number of hydrogen-bond donors (Lipinski definition) is 1. The zero-order valence-electron chi connectivity index (χ0n) is 12.7. The topological polar surface area (TPSA) is 95.5 Å². The summed E-state index contributed by atoms with van der Waals surface area (Å²) < 4.78 is 34.1. The number of fused-ring (bicyclic) bond motifs is 1. The SMILES string of the molecule is CN1CCc2ccccc2C1C1CCNCC1.O=S(=O)([O-])[O-]. The number of likely N-dealkylation sites (N-methyl/N-ethyl adjacent to an activating group) is 1. The van der Waals surface area contributed by atoms with Crippen LogP contribution < -0.4 is 5.32 Å². The Morgan fingerprint density at radius 3 is 2.41 bits per heavy atom. The van der Waals surface area contributed by atoms with Gasteiger partial charge in [-0.1, -0.05) is 24.3 Å². The van der Waals surface area contributed by atoms with Crippen molar-refractivity contribution in [1.29, 1.82) is 0 Å². The summed E-state index contributed by atoms with van der Waals surface area (Å²) >= 11 is 0. The zero-order valence-corrected chi connectivity index (χ0v) is 13.5. The van der Waals surface area contributed by atoms with E-state index in [0.29, 0.717) is 6.04 Å². The van der Waals surface area contributed by atoms with E-state index in [1.807, 2.05) is 0 Å². The lowest BCUT2D eigenvalue weighted by Crippen LogP contribution is -2.40. The van der Waals surface area contributed by atoms with Crippen LogP contribution in [0.25, 0.3) is 0 Å². The quantitative estimate of drug-likeness (QED) is 0.608. The fraction of sp³-hybridized carbons (Fsp3) is 0.600. The van der Waals surface area contributed by atoms with Gasteiger partial charge in [0, 0.05) is 23.0 Å². The van der Waals surface area contributed by atoms with E-state index in [4.69, 9.17) is 17.5 Å². The van der Waals surface area contributed by atoms with Crippen LogP contribution >= 0.6 is 0 Å². The second-order valence-electron chi connectivity index (χ2n) is 5.87. The highest BCUT2D eigenvalue weighted by atomic mass is 32.3. The lowest BCUT2D eigenvalue weighted by molar-refractivity contribution is 0.139. The Balaban J connectivity index is 0.000000309. The number of nitrogens with zero attached hydrogens (tertiary/aromatic N) is 1. The van der Waals surface area contributed by atoms with Crippen molar-refractivity contribution in [2.75, 3.05) is 26.7 Å². The van der Waals surface area contributed by atoms with Crippen LogP contribution in [0.1, 0.15) is 30.0 Å². The second kappa shape index (κ2) is 7.52. The molecule has 2 aliphatic rings. The van der Waals surface area contributed by atoms with Crippen molar-refractivity contribution < 1.29 is 17.5 Å². The van der Waals surface area contributed by atoms with Gasteiger partial charge in [0.15, 0.2) is 0 Å². The summed E-state index contributed by atoms with van der Waals surface area (Å²) in [6.07, 6.45) is 3.86. The molecule has 7 heteroatoms. The summed E-state index contributed by atoms with van der Waals surface area (Å²) in [5, 5.41) is 3.47. The monoisotopic (exact) mass is 326 g/mol. The molecule has 1 saturated heterocycles. The Bertz CT molecular complexity index is 577. The summed E-state index contributed by atoms with van der Waals surface area (Å²) in [5.74, 6) is 0.836. The third-order valence-electron chi connectivity index (χ3n) is 4.41. The van der Waals surface area contributed by atoms with Crippen molar-refractivity contribution >= 4 is 10.4 Å². The number of piperidine rings is 1. The molecule has 22 heavy (non-hydrogen) atoms. The molecule has 1 N–H and O–H groups in total. The molecule has 0 saturated carbocycles. The number of rotatable bonds is 1. The highest BCUT2D eigenvalue weighted by Crippen LogP contribution is 2.37. The van der Waals surface area contributed by atoms with Crippen LogP contribution in [-0.4, -0.2) is 49.1 Å². The van der Waals surface area contributed by atoms with Gasteiger partial charge in [0.2, 0.25) is 0 Å². The van der Waals surface area contributed by atoms with E-state index in [0.717, 1.165) is 5.92 Å². The molecule has 0 aliphatic carbocycles. The normalized spacial score (nSPS) is 23.3. The van der Waals surface area contributed by atoms with Crippen molar-refractivity contribution in [1.82, 2.24) is 10.2 Å². The highest BCUT2D eigenvalue weighted by molar-refractivity contribution is 7.79. The summed E-state index contributed by atoms with van der Waals surface area (Å²) in [4.78, 5) is 2.57. The summed E-state index contributed by atoms with van der Waals surface area (Å²) in [7, 11) is -2.87. The Kier molecular flexibility index (Phi) is 5.94. The van der Waals surface area contributed by atoms with E-state index >= 15 is 0 Å². The van der Waals surface area contributed by atoms with Gasteiger partial charge in [0.05, 0.1) is 0 Å². The van der Waals surface area contributed by atoms with Crippen LogP contribution in [0.2, 0.25) is 0 Å². The van der Waals surface area contributed by atoms with E-state index in [1.165, 1.54) is 38.9 Å². The molecule has 1 atom stereocenters. The molecule has 2 heterocycles. The van der Waals surface area contributed by atoms with Gasteiger partial charge in [-0.05, 0) is 56.4 Å². The maximum Gasteiger partial charge on any atom is 0.0377 e. The van der Waals surface area contributed by atoms with Gasteiger partial charge in [-0.3, -0.25) is 13.3 Å². The molecular weight excluding hydrogens is 304 g/mol. The molecule has 1 fully saturated rings. The smallest absolute Gasteiger partial charge is 0.0377 e. The van der Waals surface area contributed by atoms with Crippen molar-refractivity contribution in [2.24, 2.45) is 5.92 Å². The molecule has 3 rings (SSSR count).